The number of rotatable bonds is 3. The summed E-state index contributed by atoms with van der Waals surface area (Å²) in [7, 11) is 0. The minimum absolute atomic E-state index is 0.534. The summed E-state index contributed by atoms with van der Waals surface area (Å²) >= 11 is 0. The molecule has 7 heteroatoms. The highest BCUT2D eigenvalue weighted by molar-refractivity contribution is 5.46. The van der Waals surface area contributed by atoms with Crippen molar-refractivity contribution in [2.75, 3.05) is 6.54 Å². The molecule has 4 heterocycles. The Labute approximate surface area is 121 Å². The summed E-state index contributed by atoms with van der Waals surface area (Å²) in [5.41, 5.74) is 3.19. The van der Waals surface area contributed by atoms with Crippen LogP contribution in [0.1, 0.15) is 17.1 Å². The zero-order valence-electron chi connectivity index (χ0n) is 11.4. The van der Waals surface area contributed by atoms with Gasteiger partial charge in [-0.05, 0) is 12.1 Å². The van der Waals surface area contributed by atoms with Crippen molar-refractivity contribution in [3.63, 3.8) is 0 Å². The molecule has 3 aromatic heterocycles. The fourth-order valence-electron chi connectivity index (χ4n) is 2.52. The third-order valence-corrected chi connectivity index (χ3v) is 3.60. The van der Waals surface area contributed by atoms with Crippen LogP contribution in [0.2, 0.25) is 0 Å². The van der Waals surface area contributed by atoms with Crippen molar-refractivity contribution >= 4 is 0 Å². The van der Waals surface area contributed by atoms with E-state index in [-0.39, 0.29) is 0 Å². The van der Waals surface area contributed by atoms with Gasteiger partial charge < -0.3 is 4.52 Å². The lowest BCUT2D eigenvalue weighted by molar-refractivity contribution is 0.210. The molecule has 0 aromatic carbocycles. The summed E-state index contributed by atoms with van der Waals surface area (Å²) in [4.78, 5) is 10.9. The fourth-order valence-corrected chi connectivity index (χ4v) is 2.52. The van der Waals surface area contributed by atoms with Gasteiger partial charge in [-0.3, -0.25) is 15.0 Å². The van der Waals surface area contributed by atoms with Crippen LogP contribution >= 0.6 is 0 Å². The van der Waals surface area contributed by atoms with Crippen molar-refractivity contribution in [2.45, 2.75) is 19.5 Å². The minimum atomic E-state index is 0.534. The number of H-pyrrole nitrogens is 1. The van der Waals surface area contributed by atoms with Gasteiger partial charge in [0.15, 0.2) is 0 Å². The van der Waals surface area contributed by atoms with E-state index in [1.807, 2.05) is 24.4 Å². The van der Waals surface area contributed by atoms with E-state index >= 15 is 0 Å². The summed E-state index contributed by atoms with van der Waals surface area (Å²) in [6, 6.07) is 5.64. The quantitative estimate of drug-likeness (QED) is 0.782. The Morgan fingerprint density at radius 1 is 1.33 bits per heavy atom. The highest BCUT2D eigenvalue weighted by atomic mass is 16.5. The molecule has 4 rings (SSSR count). The SMILES string of the molecule is c1ccc(-c2noc(CN3CCc4[nH]ncc4C3)n2)nc1. The third-order valence-electron chi connectivity index (χ3n) is 3.60. The first-order valence-electron chi connectivity index (χ1n) is 6.86. The number of nitrogens with one attached hydrogen (secondary N) is 1. The molecular weight excluding hydrogens is 268 g/mol. The van der Waals surface area contributed by atoms with Crippen LogP contribution in [0.4, 0.5) is 0 Å². The number of hydrogen-bond donors (Lipinski definition) is 1. The van der Waals surface area contributed by atoms with E-state index in [0.29, 0.717) is 18.3 Å². The van der Waals surface area contributed by atoms with E-state index in [1.54, 1.807) is 6.20 Å². The van der Waals surface area contributed by atoms with Crippen molar-refractivity contribution in [1.29, 1.82) is 0 Å². The van der Waals surface area contributed by atoms with Crippen molar-refractivity contribution in [3.8, 4) is 11.5 Å². The van der Waals surface area contributed by atoms with Crippen molar-refractivity contribution in [3.05, 3.63) is 47.7 Å². The Balaban J connectivity index is 1.48. The molecule has 0 atom stereocenters. The summed E-state index contributed by atoms with van der Waals surface area (Å²) in [6.07, 6.45) is 4.57. The Bertz CT molecular complexity index is 735. The summed E-state index contributed by atoms with van der Waals surface area (Å²) in [5.74, 6) is 1.15. The molecule has 0 saturated carbocycles. The van der Waals surface area contributed by atoms with Crippen molar-refractivity contribution < 1.29 is 4.52 Å². The third kappa shape index (κ3) is 2.43. The molecule has 7 nitrogen and oxygen atoms in total. The zero-order valence-corrected chi connectivity index (χ0v) is 11.4. The van der Waals surface area contributed by atoms with Crippen LogP contribution in [-0.4, -0.2) is 36.8 Å². The molecule has 0 amide bonds. The minimum Gasteiger partial charge on any atom is -0.337 e. The molecule has 0 bridgehead atoms. The molecule has 0 spiro atoms. The van der Waals surface area contributed by atoms with Gasteiger partial charge in [0, 0.05) is 37.0 Å². The largest absolute Gasteiger partial charge is 0.337 e. The smallest absolute Gasteiger partial charge is 0.241 e. The van der Waals surface area contributed by atoms with Crippen LogP contribution in [0, 0.1) is 0 Å². The van der Waals surface area contributed by atoms with Gasteiger partial charge >= 0.3 is 0 Å². The standard InChI is InChI=1S/C14H14N6O/c1-2-5-15-12(3-1)14-17-13(21-19-14)9-20-6-4-11-10(8-20)7-16-18-11/h1-3,5,7H,4,6,8-9H2,(H,16,18). The normalized spacial score (nSPS) is 15.0. The van der Waals surface area contributed by atoms with Gasteiger partial charge in [-0.1, -0.05) is 11.2 Å². The fraction of sp³-hybridized carbons (Fsp3) is 0.286. The van der Waals surface area contributed by atoms with Gasteiger partial charge in [0.25, 0.3) is 0 Å². The number of pyridine rings is 1. The Kier molecular flexibility index (Phi) is 2.97. The molecule has 0 aliphatic carbocycles. The highest BCUT2D eigenvalue weighted by Gasteiger charge is 2.20. The lowest BCUT2D eigenvalue weighted by Crippen LogP contribution is -2.29. The number of fused-ring (bicyclic) bond motifs is 1. The highest BCUT2D eigenvalue weighted by Crippen LogP contribution is 2.19. The second-order valence-corrected chi connectivity index (χ2v) is 5.06. The molecular formula is C14H14N6O. The molecule has 1 aliphatic heterocycles. The van der Waals surface area contributed by atoms with E-state index in [0.717, 1.165) is 25.2 Å². The van der Waals surface area contributed by atoms with Gasteiger partial charge in [-0.15, -0.1) is 0 Å². The van der Waals surface area contributed by atoms with E-state index in [4.69, 9.17) is 4.52 Å². The van der Waals surface area contributed by atoms with E-state index in [9.17, 15) is 0 Å². The van der Waals surface area contributed by atoms with Crippen LogP contribution < -0.4 is 0 Å². The predicted molar refractivity (Wildman–Crippen MR) is 73.9 cm³/mol. The molecule has 1 N–H and O–H groups in total. The molecule has 3 aromatic rings. The monoisotopic (exact) mass is 282 g/mol. The molecule has 0 saturated heterocycles. The van der Waals surface area contributed by atoms with Crippen LogP contribution in [0.25, 0.3) is 11.5 Å². The second kappa shape index (κ2) is 5.10. The van der Waals surface area contributed by atoms with Crippen LogP contribution in [-0.2, 0) is 19.5 Å². The Morgan fingerprint density at radius 3 is 3.24 bits per heavy atom. The summed E-state index contributed by atoms with van der Waals surface area (Å²) in [5, 5.41) is 11.1. The maximum Gasteiger partial charge on any atom is 0.241 e. The van der Waals surface area contributed by atoms with Crippen molar-refractivity contribution in [2.24, 2.45) is 0 Å². The average Bonchev–Trinajstić information content (AvgIpc) is 3.17. The zero-order chi connectivity index (χ0) is 14.1. The number of aromatic nitrogens is 5. The number of hydrogen-bond acceptors (Lipinski definition) is 6. The van der Waals surface area contributed by atoms with Crippen LogP contribution in [0.5, 0.6) is 0 Å². The lowest BCUT2D eigenvalue weighted by Gasteiger charge is -2.24. The first kappa shape index (κ1) is 12.2. The van der Waals surface area contributed by atoms with Crippen molar-refractivity contribution in [1.82, 2.24) is 30.2 Å². The predicted octanol–water partition coefficient (Wildman–Crippen LogP) is 1.41. The Hall–Kier alpha value is -2.54. The maximum absolute atomic E-state index is 5.33. The maximum atomic E-state index is 5.33. The van der Waals surface area contributed by atoms with Gasteiger partial charge in [0.05, 0.1) is 12.7 Å². The van der Waals surface area contributed by atoms with Gasteiger partial charge in [-0.25, -0.2) is 0 Å². The number of nitrogens with zero attached hydrogens (tertiary/aromatic N) is 5. The molecule has 0 unspecified atom stereocenters. The van der Waals surface area contributed by atoms with E-state index < -0.39 is 0 Å². The molecule has 21 heavy (non-hydrogen) atoms. The molecule has 0 fully saturated rings. The second-order valence-electron chi connectivity index (χ2n) is 5.06. The molecule has 1 aliphatic rings. The summed E-state index contributed by atoms with van der Waals surface area (Å²) in [6.45, 7) is 2.45. The first-order valence-corrected chi connectivity index (χ1v) is 6.86. The van der Waals surface area contributed by atoms with Gasteiger partial charge in [0.2, 0.25) is 11.7 Å². The molecule has 0 radical (unpaired) electrons. The van der Waals surface area contributed by atoms with Gasteiger partial charge in [0.1, 0.15) is 5.69 Å². The molecule has 106 valence electrons. The average molecular weight is 282 g/mol. The summed E-state index contributed by atoms with van der Waals surface area (Å²) < 4.78 is 5.33. The van der Waals surface area contributed by atoms with E-state index in [2.05, 4.69) is 30.2 Å². The topological polar surface area (TPSA) is 83.7 Å². The first-order chi connectivity index (χ1) is 10.4. The van der Waals surface area contributed by atoms with E-state index in [1.165, 1.54) is 11.3 Å². The Morgan fingerprint density at radius 2 is 2.33 bits per heavy atom. The lowest BCUT2D eigenvalue weighted by atomic mass is 10.1. The van der Waals surface area contributed by atoms with Crippen LogP contribution in [0.3, 0.4) is 0 Å². The van der Waals surface area contributed by atoms with Gasteiger partial charge in [-0.2, -0.15) is 10.1 Å². The van der Waals surface area contributed by atoms with Crippen LogP contribution in [0.15, 0.2) is 35.1 Å². The number of aromatic amines is 1.